The van der Waals surface area contributed by atoms with Gasteiger partial charge < -0.3 is 10.1 Å². The van der Waals surface area contributed by atoms with Crippen molar-refractivity contribution in [2.75, 3.05) is 25.5 Å². The van der Waals surface area contributed by atoms with Crippen molar-refractivity contribution in [1.82, 2.24) is 4.31 Å². The van der Waals surface area contributed by atoms with Crippen molar-refractivity contribution in [3.8, 4) is 5.75 Å². The van der Waals surface area contributed by atoms with E-state index >= 15 is 0 Å². The number of carbonyl (C=O) groups is 1. The van der Waals surface area contributed by atoms with Gasteiger partial charge in [-0.1, -0.05) is 0 Å². The second-order valence-electron chi connectivity index (χ2n) is 6.94. The average molecular weight is 454 g/mol. The molecule has 1 atom stereocenters. The van der Waals surface area contributed by atoms with Crippen LogP contribution in [0.15, 0.2) is 58.3 Å². The van der Waals surface area contributed by atoms with Gasteiger partial charge in [0, 0.05) is 18.8 Å². The maximum Gasteiger partial charge on any atom is 0.243 e. The van der Waals surface area contributed by atoms with Crippen LogP contribution in [-0.2, 0) is 24.8 Å². The van der Waals surface area contributed by atoms with E-state index in [1.165, 1.54) is 47.8 Å². The number of anilines is 1. The number of benzene rings is 2. The topological polar surface area (TPSA) is 136 Å². The minimum Gasteiger partial charge on any atom is -0.497 e. The quantitative estimate of drug-likeness (QED) is 0.678. The highest BCUT2D eigenvalue weighted by atomic mass is 32.2. The molecule has 162 valence electrons. The molecule has 0 unspecified atom stereocenters. The standard InChI is InChI=1S/C19H23N3O6S2/c1-28-16-6-10-18(11-7-16)30(26,27)22-12-2-3-14(13-22)19(23)21-15-4-8-17(9-5-15)29(20,24)25/h4-11,14H,2-3,12-13H2,1H3,(H,21,23)(H2,20,24,25)/t14-/m0/s1. The normalized spacial score (nSPS) is 18.0. The molecule has 0 saturated carbocycles. The van der Waals surface area contributed by atoms with E-state index in [0.29, 0.717) is 30.8 Å². The molecule has 0 radical (unpaired) electrons. The summed E-state index contributed by atoms with van der Waals surface area (Å²) >= 11 is 0. The number of methoxy groups -OCH3 is 1. The summed E-state index contributed by atoms with van der Waals surface area (Å²) < 4.78 is 54.9. The fourth-order valence-corrected chi connectivity index (χ4v) is 5.28. The summed E-state index contributed by atoms with van der Waals surface area (Å²) in [6.07, 6.45) is 1.10. The van der Waals surface area contributed by atoms with Crippen LogP contribution < -0.4 is 15.2 Å². The lowest BCUT2D eigenvalue weighted by molar-refractivity contribution is -0.120. The fourth-order valence-electron chi connectivity index (χ4n) is 3.24. The molecule has 3 N–H and O–H groups in total. The van der Waals surface area contributed by atoms with Crippen LogP contribution in [0.2, 0.25) is 0 Å². The van der Waals surface area contributed by atoms with Crippen molar-refractivity contribution in [3.05, 3.63) is 48.5 Å². The summed E-state index contributed by atoms with van der Waals surface area (Å²) in [5, 5.41) is 7.77. The van der Waals surface area contributed by atoms with Crippen molar-refractivity contribution in [1.29, 1.82) is 0 Å². The Bertz CT molecular complexity index is 1110. The molecule has 0 spiro atoms. The minimum atomic E-state index is -3.82. The number of hydrogen-bond acceptors (Lipinski definition) is 6. The Hall–Kier alpha value is -2.47. The molecular weight excluding hydrogens is 430 g/mol. The summed E-state index contributed by atoms with van der Waals surface area (Å²) in [4.78, 5) is 12.7. The zero-order chi connectivity index (χ0) is 21.9. The van der Waals surface area contributed by atoms with E-state index in [4.69, 9.17) is 9.88 Å². The Balaban J connectivity index is 1.69. The molecule has 1 aliphatic rings. The molecule has 0 aliphatic carbocycles. The van der Waals surface area contributed by atoms with E-state index in [9.17, 15) is 21.6 Å². The molecule has 1 aliphatic heterocycles. The second kappa shape index (κ2) is 8.72. The molecule has 3 rings (SSSR count). The van der Waals surface area contributed by atoms with Gasteiger partial charge in [0.15, 0.2) is 0 Å². The highest BCUT2D eigenvalue weighted by Gasteiger charge is 2.33. The zero-order valence-electron chi connectivity index (χ0n) is 16.3. The smallest absolute Gasteiger partial charge is 0.243 e. The Morgan fingerprint density at radius 1 is 1.03 bits per heavy atom. The first-order chi connectivity index (χ1) is 14.1. The SMILES string of the molecule is COc1ccc(S(=O)(=O)N2CCC[C@H](C(=O)Nc3ccc(S(N)(=O)=O)cc3)C2)cc1. The van der Waals surface area contributed by atoms with Gasteiger partial charge in [-0.15, -0.1) is 0 Å². The maximum atomic E-state index is 12.9. The highest BCUT2D eigenvalue weighted by molar-refractivity contribution is 7.89. The fraction of sp³-hybridized carbons (Fsp3) is 0.316. The van der Waals surface area contributed by atoms with E-state index in [2.05, 4.69) is 5.32 Å². The number of nitrogens with zero attached hydrogens (tertiary/aromatic N) is 1. The van der Waals surface area contributed by atoms with Crippen molar-refractivity contribution in [2.45, 2.75) is 22.6 Å². The lowest BCUT2D eigenvalue weighted by Gasteiger charge is -2.31. The van der Waals surface area contributed by atoms with Crippen LogP contribution in [0.25, 0.3) is 0 Å². The van der Waals surface area contributed by atoms with Gasteiger partial charge in [-0.3, -0.25) is 4.79 Å². The molecule has 0 aromatic heterocycles. The molecule has 0 bridgehead atoms. The largest absolute Gasteiger partial charge is 0.497 e. The number of primary sulfonamides is 1. The number of rotatable bonds is 6. The molecule has 2 aromatic rings. The van der Waals surface area contributed by atoms with Crippen LogP contribution >= 0.6 is 0 Å². The monoisotopic (exact) mass is 453 g/mol. The van der Waals surface area contributed by atoms with Crippen LogP contribution in [-0.4, -0.2) is 47.2 Å². The summed E-state index contributed by atoms with van der Waals surface area (Å²) in [6.45, 7) is 0.399. The lowest BCUT2D eigenvalue weighted by atomic mass is 9.99. The first kappa shape index (κ1) is 22.2. The van der Waals surface area contributed by atoms with Gasteiger partial charge in [-0.25, -0.2) is 22.0 Å². The van der Waals surface area contributed by atoms with Gasteiger partial charge in [0.2, 0.25) is 26.0 Å². The van der Waals surface area contributed by atoms with Crippen molar-refractivity contribution in [2.24, 2.45) is 11.1 Å². The van der Waals surface area contributed by atoms with Gasteiger partial charge >= 0.3 is 0 Å². The van der Waals surface area contributed by atoms with E-state index in [1.807, 2.05) is 0 Å². The molecule has 1 fully saturated rings. The van der Waals surface area contributed by atoms with E-state index in [0.717, 1.165) is 0 Å². The molecule has 1 amide bonds. The number of nitrogens with two attached hydrogens (primary N) is 1. The number of nitrogens with one attached hydrogen (secondary N) is 1. The third kappa shape index (κ3) is 4.98. The molecule has 11 heteroatoms. The molecule has 2 aromatic carbocycles. The van der Waals surface area contributed by atoms with Crippen LogP contribution in [0.3, 0.4) is 0 Å². The molecular formula is C19H23N3O6S2. The average Bonchev–Trinajstić information content (AvgIpc) is 2.73. The zero-order valence-corrected chi connectivity index (χ0v) is 17.9. The van der Waals surface area contributed by atoms with Gasteiger partial charge in [0.25, 0.3) is 0 Å². The van der Waals surface area contributed by atoms with Crippen molar-refractivity contribution in [3.63, 3.8) is 0 Å². The number of carbonyl (C=O) groups excluding carboxylic acids is 1. The van der Waals surface area contributed by atoms with Gasteiger partial charge in [0.05, 0.1) is 22.8 Å². The Kier molecular flexibility index (Phi) is 6.46. The van der Waals surface area contributed by atoms with Crippen molar-refractivity contribution < 1.29 is 26.4 Å². The minimum absolute atomic E-state index is 0.0603. The third-order valence-corrected chi connectivity index (χ3v) is 7.71. The van der Waals surface area contributed by atoms with Crippen molar-refractivity contribution >= 4 is 31.6 Å². The number of piperidine rings is 1. The Morgan fingerprint density at radius 3 is 2.20 bits per heavy atom. The molecule has 9 nitrogen and oxygen atoms in total. The van der Waals surface area contributed by atoms with E-state index < -0.39 is 26.0 Å². The summed E-state index contributed by atoms with van der Waals surface area (Å²) in [5.74, 6) is -0.295. The van der Waals surface area contributed by atoms with E-state index in [1.54, 1.807) is 12.1 Å². The van der Waals surface area contributed by atoms with Gasteiger partial charge in [0.1, 0.15) is 5.75 Å². The van der Waals surface area contributed by atoms with Crippen LogP contribution in [0.1, 0.15) is 12.8 Å². The number of ether oxygens (including phenoxy) is 1. The Morgan fingerprint density at radius 2 is 1.63 bits per heavy atom. The summed E-state index contributed by atoms with van der Waals surface area (Å²) in [7, 11) is -6.05. The summed E-state index contributed by atoms with van der Waals surface area (Å²) in [5.41, 5.74) is 0.405. The van der Waals surface area contributed by atoms with E-state index in [-0.39, 0.29) is 22.2 Å². The first-order valence-corrected chi connectivity index (χ1v) is 12.2. The Labute approximate surface area is 175 Å². The number of amides is 1. The maximum absolute atomic E-state index is 12.9. The first-order valence-electron chi connectivity index (χ1n) is 9.19. The second-order valence-corrected chi connectivity index (χ2v) is 10.4. The summed E-state index contributed by atoms with van der Waals surface area (Å²) in [6, 6.07) is 11.6. The van der Waals surface area contributed by atoms with Gasteiger partial charge in [-0.2, -0.15) is 4.31 Å². The lowest BCUT2D eigenvalue weighted by Crippen LogP contribution is -2.43. The molecule has 1 heterocycles. The number of hydrogen-bond donors (Lipinski definition) is 2. The highest BCUT2D eigenvalue weighted by Crippen LogP contribution is 2.26. The molecule has 1 saturated heterocycles. The predicted molar refractivity (Wildman–Crippen MR) is 111 cm³/mol. The van der Waals surface area contributed by atoms with Crippen LogP contribution in [0, 0.1) is 5.92 Å². The third-order valence-electron chi connectivity index (χ3n) is 4.90. The number of sulfonamides is 2. The molecule has 30 heavy (non-hydrogen) atoms. The van der Waals surface area contributed by atoms with Crippen LogP contribution in [0.4, 0.5) is 5.69 Å². The van der Waals surface area contributed by atoms with Crippen LogP contribution in [0.5, 0.6) is 5.75 Å². The predicted octanol–water partition coefficient (Wildman–Crippen LogP) is 1.38. The van der Waals surface area contributed by atoms with Gasteiger partial charge in [-0.05, 0) is 61.4 Å².